The second-order valence-corrected chi connectivity index (χ2v) is 10.1. The third kappa shape index (κ3) is 5.48. The molecule has 1 saturated carbocycles. The van der Waals surface area contributed by atoms with E-state index >= 15 is 0 Å². The summed E-state index contributed by atoms with van der Waals surface area (Å²) in [6, 6.07) is 5.31. The Kier molecular flexibility index (Phi) is 6.31. The van der Waals surface area contributed by atoms with Crippen molar-refractivity contribution in [2.24, 2.45) is 0 Å². The first-order valence-electron chi connectivity index (χ1n) is 8.79. The Bertz CT molecular complexity index is 799. The smallest absolute Gasteiger partial charge is 0.240 e. The quantitative estimate of drug-likeness (QED) is 0.568. The number of morpholine rings is 1. The molecule has 1 heterocycles. The summed E-state index contributed by atoms with van der Waals surface area (Å²) in [5.74, 6) is 0. The van der Waals surface area contributed by atoms with Gasteiger partial charge in [-0.2, -0.15) is 0 Å². The molecular formula is C16H25N3O5S2. The Balaban J connectivity index is 1.51. The molecule has 1 aromatic rings. The van der Waals surface area contributed by atoms with E-state index in [1.165, 1.54) is 24.3 Å². The largest absolute Gasteiger partial charge is 0.379 e. The van der Waals surface area contributed by atoms with Gasteiger partial charge in [-0.3, -0.25) is 4.90 Å². The summed E-state index contributed by atoms with van der Waals surface area (Å²) in [4.78, 5) is 2.38. The maximum atomic E-state index is 12.3. The van der Waals surface area contributed by atoms with Crippen molar-refractivity contribution in [2.45, 2.75) is 35.1 Å². The zero-order valence-corrected chi connectivity index (χ0v) is 16.2. The molecule has 10 heteroatoms. The lowest BCUT2D eigenvalue weighted by molar-refractivity contribution is 0.0376. The van der Waals surface area contributed by atoms with Crippen molar-refractivity contribution in [3.8, 4) is 0 Å². The van der Waals surface area contributed by atoms with Crippen LogP contribution in [0.1, 0.15) is 19.3 Å². The highest BCUT2D eigenvalue weighted by molar-refractivity contribution is 7.90. The highest BCUT2D eigenvalue weighted by atomic mass is 32.2. The topological polar surface area (TPSA) is 105 Å². The van der Waals surface area contributed by atoms with E-state index in [9.17, 15) is 16.8 Å². The second-order valence-electron chi connectivity index (χ2n) is 6.57. The molecule has 146 valence electrons. The van der Waals surface area contributed by atoms with Crippen LogP contribution in [0.5, 0.6) is 0 Å². The zero-order chi connectivity index (χ0) is 18.6. The van der Waals surface area contributed by atoms with Gasteiger partial charge in [0.1, 0.15) is 0 Å². The average Bonchev–Trinajstić information content (AvgIpc) is 3.43. The minimum Gasteiger partial charge on any atom is -0.379 e. The van der Waals surface area contributed by atoms with Crippen molar-refractivity contribution in [3.05, 3.63) is 24.3 Å². The van der Waals surface area contributed by atoms with Gasteiger partial charge in [-0.15, -0.1) is 0 Å². The molecule has 8 nitrogen and oxygen atoms in total. The summed E-state index contributed by atoms with van der Waals surface area (Å²) in [6.45, 7) is 4.33. The fourth-order valence-corrected chi connectivity index (χ4v) is 5.08. The summed E-state index contributed by atoms with van der Waals surface area (Å²) >= 11 is 0. The molecule has 1 aliphatic carbocycles. The Morgan fingerprint density at radius 3 is 2.12 bits per heavy atom. The maximum Gasteiger partial charge on any atom is 0.240 e. The molecule has 0 aromatic heterocycles. The molecule has 3 rings (SSSR count). The number of ether oxygens (including phenoxy) is 1. The molecule has 0 unspecified atom stereocenters. The SMILES string of the molecule is O=S(=O)(NCCCN1CCOCC1)c1ccc(S(=O)(=O)NC2CC2)cc1. The van der Waals surface area contributed by atoms with Crippen LogP contribution in [0.25, 0.3) is 0 Å². The first kappa shape index (κ1) is 19.7. The molecular weight excluding hydrogens is 378 g/mol. The van der Waals surface area contributed by atoms with Crippen molar-refractivity contribution < 1.29 is 21.6 Å². The van der Waals surface area contributed by atoms with Crippen LogP contribution in [0, 0.1) is 0 Å². The van der Waals surface area contributed by atoms with E-state index in [-0.39, 0.29) is 15.8 Å². The minimum absolute atomic E-state index is 0.0107. The van der Waals surface area contributed by atoms with Gasteiger partial charge in [-0.05, 0) is 50.1 Å². The van der Waals surface area contributed by atoms with Crippen LogP contribution in [0.3, 0.4) is 0 Å². The van der Waals surface area contributed by atoms with Crippen LogP contribution >= 0.6 is 0 Å². The highest BCUT2D eigenvalue weighted by Crippen LogP contribution is 2.22. The Labute approximate surface area is 155 Å². The Morgan fingerprint density at radius 2 is 1.54 bits per heavy atom. The first-order valence-corrected chi connectivity index (χ1v) is 11.8. The van der Waals surface area contributed by atoms with Gasteiger partial charge >= 0.3 is 0 Å². The number of benzene rings is 1. The van der Waals surface area contributed by atoms with Gasteiger partial charge in [0, 0.05) is 25.7 Å². The predicted octanol–water partition coefficient (Wildman–Crippen LogP) is 0.128. The molecule has 1 aromatic carbocycles. The summed E-state index contributed by atoms with van der Waals surface area (Å²) in [5, 5.41) is 0. The fourth-order valence-electron chi connectivity index (χ4n) is 2.70. The molecule has 2 fully saturated rings. The van der Waals surface area contributed by atoms with E-state index < -0.39 is 20.0 Å². The molecule has 0 bridgehead atoms. The number of hydrogen-bond acceptors (Lipinski definition) is 6. The summed E-state index contributed by atoms with van der Waals surface area (Å²) < 4.78 is 59.3. The van der Waals surface area contributed by atoms with Gasteiger partial charge in [0.05, 0.1) is 23.0 Å². The molecule has 0 atom stereocenters. The number of nitrogens with zero attached hydrogens (tertiary/aromatic N) is 1. The van der Waals surface area contributed by atoms with Gasteiger partial charge in [-0.1, -0.05) is 0 Å². The maximum absolute atomic E-state index is 12.3. The van der Waals surface area contributed by atoms with E-state index in [1.807, 2.05) is 0 Å². The molecule has 0 radical (unpaired) electrons. The number of hydrogen-bond donors (Lipinski definition) is 2. The Morgan fingerprint density at radius 1 is 0.962 bits per heavy atom. The van der Waals surface area contributed by atoms with Crippen LogP contribution in [0.4, 0.5) is 0 Å². The summed E-state index contributed by atoms with van der Waals surface area (Å²) in [5.41, 5.74) is 0. The molecule has 26 heavy (non-hydrogen) atoms. The van der Waals surface area contributed by atoms with E-state index in [4.69, 9.17) is 4.74 Å². The van der Waals surface area contributed by atoms with Crippen molar-refractivity contribution in [3.63, 3.8) is 0 Å². The third-order valence-electron chi connectivity index (χ3n) is 4.39. The normalized spacial score (nSPS) is 19.5. The van der Waals surface area contributed by atoms with Crippen LogP contribution in [0.2, 0.25) is 0 Å². The van der Waals surface area contributed by atoms with E-state index in [0.717, 1.165) is 45.7 Å². The standard InChI is InChI=1S/C16H25N3O5S2/c20-25(21,17-8-1-9-19-10-12-24-13-11-19)15-4-6-16(7-5-15)26(22,23)18-14-2-3-14/h4-7,14,17-18H,1-3,8-13H2. The minimum atomic E-state index is -3.64. The van der Waals surface area contributed by atoms with Gasteiger partial charge in [0.25, 0.3) is 0 Å². The monoisotopic (exact) mass is 403 g/mol. The summed E-state index contributed by atoms with van der Waals surface area (Å²) in [7, 11) is -7.22. The predicted molar refractivity (Wildman–Crippen MR) is 96.9 cm³/mol. The second kappa shape index (κ2) is 8.32. The summed E-state index contributed by atoms with van der Waals surface area (Å²) in [6.07, 6.45) is 2.40. The van der Waals surface area contributed by atoms with Gasteiger partial charge < -0.3 is 4.74 Å². The van der Waals surface area contributed by atoms with Crippen LogP contribution in [-0.4, -0.2) is 67.2 Å². The zero-order valence-electron chi connectivity index (χ0n) is 14.6. The Hall–Kier alpha value is -1.04. The van der Waals surface area contributed by atoms with Crippen molar-refractivity contribution >= 4 is 20.0 Å². The van der Waals surface area contributed by atoms with Crippen molar-refractivity contribution in [1.29, 1.82) is 0 Å². The van der Waals surface area contributed by atoms with Crippen LogP contribution < -0.4 is 9.44 Å². The lowest BCUT2D eigenvalue weighted by atomic mass is 10.3. The van der Waals surface area contributed by atoms with Gasteiger partial charge in [0.15, 0.2) is 0 Å². The van der Waals surface area contributed by atoms with Crippen LogP contribution in [-0.2, 0) is 24.8 Å². The third-order valence-corrected chi connectivity index (χ3v) is 7.40. The van der Waals surface area contributed by atoms with E-state index in [0.29, 0.717) is 13.0 Å². The lowest BCUT2D eigenvalue weighted by Gasteiger charge is -2.26. The number of rotatable bonds is 9. The molecule has 2 aliphatic rings. The first-order chi connectivity index (χ1) is 12.4. The van der Waals surface area contributed by atoms with Gasteiger partial charge in [0.2, 0.25) is 20.0 Å². The lowest BCUT2D eigenvalue weighted by Crippen LogP contribution is -2.38. The van der Waals surface area contributed by atoms with E-state index in [2.05, 4.69) is 14.3 Å². The molecule has 1 saturated heterocycles. The van der Waals surface area contributed by atoms with Crippen LogP contribution in [0.15, 0.2) is 34.1 Å². The molecule has 1 aliphatic heterocycles. The molecule has 0 amide bonds. The van der Waals surface area contributed by atoms with E-state index in [1.54, 1.807) is 0 Å². The average molecular weight is 404 g/mol. The van der Waals surface area contributed by atoms with Gasteiger partial charge in [-0.25, -0.2) is 26.3 Å². The molecule has 2 N–H and O–H groups in total. The number of nitrogens with one attached hydrogen (secondary N) is 2. The molecule has 0 spiro atoms. The number of sulfonamides is 2. The van der Waals surface area contributed by atoms with Crippen molar-refractivity contribution in [1.82, 2.24) is 14.3 Å². The van der Waals surface area contributed by atoms with Crippen molar-refractivity contribution in [2.75, 3.05) is 39.4 Å². The highest BCUT2D eigenvalue weighted by Gasteiger charge is 2.28. The fraction of sp³-hybridized carbons (Fsp3) is 0.625.